The second-order valence-corrected chi connectivity index (χ2v) is 5.82. The normalized spacial score (nSPS) is 35.6. The van der Waals surface area contributed by atoms with Crippen molar-refractivity contribution in [3.05, 3.63) is 11.3 Å². The van der Waals surface area contributed by atoms with E-state index in [1.165, 1.54) is 4.90 Å². The molecule has 1 saturated heterocycles. The van der Waals surface area contributed by atoms with Crippen LogP contribution in [0.5, 0.6) is 0 Å². The third-order valence-electron chi connectivity index (χ3n) is 4.84. The van der Waals surface area contributed by atoms with E-state index < -0.39 is 18.0 Å². The van der Waals surface area contributed by atoms with Crippen molar-refractivity contribution < 1.29 is 75.9 Å². The molecule has 6 nitrogen and oxygen atoms in total. The molecule has 7 heteroatoms. The maximum absolute atomic E-state index is 12.1. The summed E-state index contributed by atoms with van der Waals surface area (Å²) >= 11 is 0. The van der Waals surface area contributed by atoms with Crippen LogP contribution in [0.2, 0.25) is 0 Å². The molecule has 3 rings (SSSR count). The molecule has 0 radical (unpaired) electrons. The number of β-lactam (4-membered cyclic amide) rings is 1. The van der Waals surface area contributed by atoms with Gasteiger partial charge in [-0.1, -0.05) is 0 Å². The number of carbonyl (C=O) groups is 2. The van der Waals surface area contributed by atoms with Gasteiger partial charge >= 0.3 is 51.4 Å². The molecular weight excluding hydrogens is 301 g/mol. The number of rotatable bonds is 3. The number of amides is 1. The number of carboxylic acid groups (broad SMARTS) is 1. The minimum atomic E-state index is -1.33. The minimum Gasteiger partial charge on any atom is -0.543 e. The van der Waals surface area contributed by atoms with Crippen LogP contribution in [-0.2, 0) is 14.3 Å². The number of ether oxygens (including phenoxy) is 1. The van der Waals surface area contributed by atoms with Crippen LogP contribution < -0.4 is 56.5 Å². The Morgan fingerprint density at radius 3 is 2.67 bits per heavy atom. The number of aliphatic hydroxyl groups is 1. The van der Waals surface area contributed by atoms with E-state index in [1.54, 1.807) is 14.0 Å². The number of hydrogen-bond acceptors (Lipinski definition) is 5. The van der Waals surface area contributed by atoms with Crippen molar-refractivity contribution in [1.29, 1.82) is 0 Å². The molecule has 21 heavy (non-hydrogen) atoms. The molecule has 0 aromatic rings. The standard InChI is InChI=1S/C14H19NO5.K/c1-6(16)9-11-7-4-3-5-8(20-2)10(7)12(14(18)19)15(11)13(9)17;/h6-9,11,16H,3-5H2,1-2H3,(H,18,19);/q;+1/p-1/t6-,7+,8+,9-,11?;/m1./s1. The van der Waals surface area contributed by atoms with Crippen LogP contribution in [0.1, 0.15) is 26.2 Å². The molecular formula is C14H18KNO5. The predicted molar refractivity (Wildman–Crippen MR) is 66.0 cm³/mol. The third kappa shape index (κ3) is 2.47. The molecule has 1 aliphatic carbocycles. The van der Waals surface area contributed by atoms with E-state index in [-0.39, 0.29) is 81.1 Å². The first kappa shape index (κ1) is 17.6. The molecule has 5 atom stereocenters. The summed E-state index contributed by atoms with van der Waals surface area (Å²) in [7, 11) is 1.55. The Kier molecular flexibility index (Phi) is 5.35. The van der Waals surface area contributed by atoms with Crippen molar-refractivity contribution in [2.45, 2.75) is 44.4 Å². The minimum absolute atomic E-state index is 0. The number of nitrogens with zero attached hydrogens (tertiary/aromatic N) is 1. The monoisotopic (exact) mass is 319 g/mol. The van der Waals surface area contributed by atoms with Gasteiger partial charge in [-0.25, -0.2) is 0 Å². The van der Waals surface area contributed by atoms with E-state index >= 15 is 0 Å². The molecule has 1 amide bonds. The van der Waals surface area contributed by atoms with Crippen molar-refractivity contribution in [2.75, 3.05) is 7.11 Å². The summed E-state index contributed by atoms with van der Waals surface area (Å²) in [5, 5.41) is 21.2. The number of carboxylic acids is 1. The van der Waals surface area contributed by atoms with Crippen LogP contribution >= 0.6 is 0 Å². The van der Waals surface area contributed by atoms with Crippen LogP contribution in [0.4, 0.5) is 0 Å². The van der Waals surface area contributed by atoms with Crippen LogP contribution in [0.25, 0.3) is 0 Å². The first-order valence-corrected chi connectivity index (χ1v) is 6.98. The van der Waals surface area contributed by atoms with Crippen molar-refractivity contribution in [1.82, 2.24) is 4.90 Å². The average Bonchev–Trinajstić information content (AvgIpc) is 2.69. The second-order valence-electron chi connectivity index (χ2n) is 5.82. The Hall–Kier alpha value is 0.236. The number of aliphatic carboxylic acids is 1. The van der Waals surface area contributed by atoms with E-state index in [2.05, 4.69) is 0 Å². The molecule has 1 N–H and O–H groups in total. The van der Waals surface area contributed by atoms with Crippen LogP contribution in [0.15, 0.2) is 11.3 Å². The molecule has 3 aliphatic rings. The molecule has 2 fully saturated rings. The van der Waals surface area contributed by atoms with Crippen molar-refractivity contribution >= 4 is 11.9 Å². The van der Waals surface area contributed by atoms with Gasteiger partial charge in [0.25, 0.3) is 0 Å². The smallest absolute Gasteiger partial charge is 0.543 e. The summed E-state index contributed by atoms with van der Waals surface area (Å²) in [6, 6.07) is -0.247. The van der Waals surface area contributed by atoms with Gasteiger partial charge in [0.2, 0.25) is 5.91 Å². The van der Waals surface area contributed by atoms with Crippen molar-refractivity contribution in [2.24, 2.45) is 11.8 Å². The van der Waals surface area contributed by atoms with Crippen LogP contribution in [0, 0.1) is 11.8 Å². The van der Waals surface area contributed by atoms with Gasteiger partial charge in [0.1, 0.15) is 0 Å². The number of fused-ring (bicyclic) bond motifs is 3. The summed E-state index contributed by atoms with van der Waals surface area (Å²) in [4.78, 5) is 24.9. The summed E-state index contributed by atoms with van der Waals surface area (Å²) < 4.78 is 5.39. The van der Waals surface area contributed by atoms with Crippen molar-refractivity contribution in [3.8, 4) is 0 Å². The van der Waals surface area contributed by atoms with E-state index in [4.69, 9.17) is 4.74 Å². The summed E-state index contributed by atoms with van der Waals surface area (Å²) in [6.07, 6.45) is 1.47. The zero-order valence-electron chi connectivity index (χ0n) is 12.5. The first-order chi connectivity index (χ1) is 9.49. The number of carbonyl (C=O) groups excluding carboxylic acids is 2. The topological polar surface area (TPSA) is 89.9 Å². The molecule has 1 saturated carbocycles. The van der Waals surface area contributed by atoms with Gasteiger partial charge in [0.05, 0.1) is 35.8 Å². The Morgan fingerprint density at radius 1 is 1.48 bits per heavy atom. The Labute approximate surface area is 165 Å². The van der Waals surface area contributed by atoms with Crippen LogP contribution in [0.3, 0.4) is 0 Å². The molecule has 0 spiro atoms. The fourth-order valence-corrected chi connectivity index (χ4v) is 4.07. The van der Waals surface area contributed by atoms with Gasteiger partial charge in [-0.15, -0.1) is 0 Å². The van der Waals surface area contributed by atoms with E-state index in [1.807, 2.05) is 0 Å². The molecule has 1 unspecified atom stereocenters. The third-order valence-corrected chi connectivity index (χ3v) is 4.84. The zero-order chi connectivity index (χ0) is 14.6. The molecule has 0 aromatic heterocycles. The number of hydrogen-bond donors (Lipinski definition) is 1. The molecule has 2 heterocycles. The molecule has 110 valence electrons. The SMILES string of the molecule is CO[C@H]1CCC[C@H]2C1=C(C(=O)[O-])N1C(=O)[C@H]([C@@H](C)O)C21.[K+]. The molecule has 0 bridgehead atoms. The maximum Gasteiger partial charge on any atom is 1.00 e. The van der Waals surface area contributed by atoms with Gasteiger partial charge in [0, 0.05) is 13.0 Å². The Morgan fingerprint density at radius 2 is 2.14 bits per heavy atom. The molecule has 0 aromatic carbocycles. The first-order valence-electron chi connectivity index (χ1n) is 6.98. The Bertz CT molecular complexity index is 504. The van der Waals surface area contributed by atoms with Gasteiger partial charge in [0.15, 0.2) is 0 Å². The fraction of sp³-hybridized carbons (Fsp3) is 0.714. The van der Waals surface area contributed by atoms with Crippen molar-refractivity contribution in [3.63, 3.8) is 0 Å². The largest absolute Gasteiger partial charge is 1.00 e. The molecule has 2 aliphatic heterocycles. The van der Waals surface area contributed by atoms with E-state index in [0.717, 1.165) is 19.3 Å². The summed E-state index contributed by atoms with van der Waals surface area (Å²) in [5.41, 5.74) is 0.661. The van der Waals surface area contributed by atoms with Gasteiger partial charge in [-0.05, 0) is 31.8 Å². The van der Waals surface area contributed by atoms with Gasteiger partial charge in [-0.3, -0.25) is 4.79 Å². The summed E-state index contributed by atoms with van der Waals surface area (Å²) in [5.74, 6) is -2.18. The van der Waals surface area contributed by atoms with Gasteiger partial charge in [-0.2, -0.15) is 0 Å². The Balaban J connectivity index is 0.00000161. The average molecular weight is 319 g/mol. The fourth-order valence-electron chi connectivity index (χ4n) is 4.07. The number of methoxy groups -OCH3 is 1. The zero-order valence-corrected chi connectivity index (χ0v) is 15.7. The summed E-state index contributed by atoms with van der Waals surface area (Å²) in [6.45, 7) is 1.58. The quantitative estimate of drug-likeness (QED) is 0.423. The van der Waals surface area contributed by atoms with Gasteiger partial charge < -0.3 is 24.6 Å². The number of aliphatic hydroxyl groups excluding tert-OH is 1. The predicted octanol–water partition coefficient (Wildman–Crippen LogP) is -3.97. The van der Waals surface area contributed by atoms with Crippen LogP contribution in [-0.4, -0.2) is 47.2 Å². The maximum atomic E-state index is 12.1. The second kappa shape index (κ2) is 6.39. The van der Waals surface area contributed by atoms with E-state index in [0.29, 0.717) is 5.57 Å². The van der Waals surface area contributed by atoms with E-state index in [9.17, 15) is 19.8 Å².